The standard InChI is InChI=1S/C24H23N3O7S/c28-22(34-17-18-7-3-1-4-8-18)16-26-24(30)21-12-11-19(15-25-21)23(29)27-35(31,32)14-13-33-20-9-5-2-6-10-20/h1-12,15H,13-14,16-17H2,(H,26,30)(H,27,29). The quantitative estimate of drug-likeness (QED) is 0.382. The molecule has 1 aromatic heterocycles. The van der Waals surface area contributed by atoms with E-state index in [4.69, 9.17) is 9.47 Å². The van der Waals surface area contributed by atoms with Crippen LogP contribution in [0, 0.1) is 0 Å². The Kier molecular flexibility index (Phi) is 8.90. The minimum absolute atomic E-state index is 0.0588. The van der Waals surface area contributed by atoms with E-state index in [0.717, 1.165) is 11.8 Å². The van der Waals surface area contributed by atoms with Gasteiger partial charge in [0, 0.05) is 6.20 Å². The lowest BCUT2D eigenvalue weighted by molar-refractivity contribution is -0.143. The van der Waals surface area contributed by atoms with Gasteiger partial charge in [0.1, 0.15) is 37.0 Å². The molecule has 0 aliphatic rings. The number of amides is 2. The van der Waals surface area contributed by atoms with Gasteiger partial charge in [-0.05, 0) is 29.8 Å². The van der Waals surface area contributed by atoms with Crippen molar-refractivity contribution in [2.45, 2.75) is 6.61 Å². The molecule has 0 saturated carbocycles. The van der Waals surface area contributed by atoms with E-state index in [1.54, 1.807) is 42.5 Å². The van der Waals surface area contributed by atoms with Crippen LogP contribution in [0.1, 0.15) is 26.4 Å². The Morgan fingerprint density at radius 3 is 2.20 bits per heavy atom. The molecule has 35 heavy (non-hydrogen) atoms. The molecule has 0 bridgehead atoms. The summed E-state index contributed by atoms with van der Waals surface area (Å²) in [5.74, 6) is -2.09. The summed E-state index contributed by atoms with van der Waals surface area (Å²) in [7, 11) is -3.95. The minimum atomic E-state index is -3.95. The van der Waals surface area contributed by atoms with E-state index in [1.165, 1.54) is 12.1 Å². The third-order valence-corrected chi connectivity index (χ3v) is 5.71. The summed E-state index contributed by atoms with van der Waals surface area (Å²) >= 11 is 0. The van der Waals surface area contributed by atoms with E-state index in [9.17, 15) is 22.8 Å². The van der Waals surface area contributed by atoms with Crippen LogP contribution in [0.4, 0.5) is 0 Å². The number of hydrogen-bond acceptors (Lipinski definition) is 8. The smallest absolute Gasteiger partial charge is 0.325 e. The van der Waals surface area contributed by atoms with Gasteiger partial charge in [-0.15, -0.1) is 0 Å². The molecule has 0 spiro atoms. The molecule has 0 atom stereocenters. The SMILES string of the molecule is O=C(CNC(=O)c1ccc(C(=O)NS(=O)(=O)CCOc2ccccc2)cn1)OCc1ccccc1. The lowest BCUT2D eigenvalue weighted by Gasteiger charge is -2.09. The molecule has 0 aliphatic heterocycles. The van der Waals surface area contributed by atoms with Gasteiger partial charge in [0.2, 0.25) is 10.0 Å². The van der Waals surface area contributed by atoms with Crippen molar-refractivity contribution >= 4 is 27.8 Å². The van der Waals surface area contributed by atoms with Gasteiger partial charge in [0.25, 0.3) is 11.8 Å². The number of nitrogens with zero attached hydrogens (tertiary/aromatic N) is 1. The van der Waals surface area contributed by atoms with Gasteiger partial charge >= 0.3 is 5.97 Å². The van der Waals surface area contributed by atoms with Gasteiger partial charge in [0.05, 0.1) is 5.56 Å². The van der Waals surface area contributed by atoms with Gasteiger partial charge in [-0.25, -0.2) is 13.1 Å². The molecule has 11 heteroatoms. The van der Waals surface area contributed by atoms with Crippen LogP contribution in [-0.2, 0) is 26.2 Å². The fourth-order valence-electron chi connectivity index (χ4n) is 2.73. The number of ether oxygens (including phenoxy) is 2. The maximum absolute atomic E-state index is 12.2. The third kappa shape index (κ3) is 8.55. The number of esters is 1. The van der Waals surface area contributed by atoms with Crippen LogP contribution in [0.3, 0.4) is 0 Å². The summed E-state index contributed by atoms with van der Waals surface area (Å²) in [6.45, 7) is -0.421. The van der Waals surface area contributed by atoms with Crippen LogP contribution in [0.2, 0.25) is 0 Å². The molecule has 0 saturated heterocycles. The Bertz CT molecular complexity index is 1250. The largest absolute Gasteiger partial charge is 0.492 e. The molecular formula is C24H23N3O7S. The molecule has 2 amide bonds. The van der Waals surface area contributed by atoms with Gasteiger partial charge in [-0.2, -0.15) is 0 Å². The zero-order chi connectivity index (χ0) is 25.1. The molecule has 182 valence electrons. The van der Waals surface area contributed by atoms with Crippen molar-refractivity contribution in [1.29, 1.82) is 0 Å². The number of carbonyl (C=O) groups is 3. The molecule has 10 nitrogen and oxygen atoms in total. The average molecular weight is 498 g/mol. The summed E-state index contributed by atoms with van der Waals surface area (Å²) in [5.41, 5.74) is 0.696. The van der Waals surface area contributed by atoms with Gasteiger partial charge in [-0.3, -0.25) is 19.4 Å². The van der Waals surface area contributed by atoms with Gasteiger partial charge in [-0.1, -0.05) is 48.5 Å². The lowest BCUT2D eigenvalue weighted by Crippen LogP contribution is -2.34. The Hall–Kier alpha value is -4.25. The monoisotopic (exact) mass is 497 g/mol. The second-order valence-electron chi connectivity index (χ2n) is 7.17. The number of carbonyl (C=O) groups excluding carboxylic acids is 3. The summed E-state index contributed by atoms with van der Waals surface area (Å²) in [4.78, 5) is 40.1. The first-order valence-corrected chi connectivity index (χ1v) is 12.1. The number of benzene rings is 2. The Labute approximate surface area is 202 Å². The van der Waals surface area contributed by atoms with Crippen LogP contribution in [-0.4, -0.2) is 50.1 Å². The first kappa shape index (κ1) is 25.4. The van der Waals surface area contributed by atoms with Crippen LogP contribution in [0.15, 0.2) is 79.0 Å². The summed E-state index contributed by atoms with van der Waals surface area (Å²) < 4.78 is 36.6. The van der Waals surface area contributed by atoms with Gasteiger partial charge < -0.3 is 14.8 Å². The van der Waals surface area contributed by atoms with E-state index < -0.39 is 33.6 Å². The third-order valence-electron chi connectivity index (χ3n) is 4.51. The molecule has 3 rings (SSSR count). The topological polar surface area (TPSA) is 141 Å². The van der Waals surface area contributed by atoms with Gasteiger partial charge in [0.15, 0.2) is 0 Å². The van der Waals surface area contributed by atoms with Crippen molar-refractivity contribution in [3.63, 3.8) is 0 Å². The normalized spacial score (nSPS) is 10.7. The van der Waals surface area contributed by atoms with Crippen molar-refractivity contribution in [2.75, 3.05) is 18.9 Å². The number of rotatable bonds is 11. The maximum Gasteiger partial charge on any atom is 0.325 e. The van der Waals surface area contributed by atoms with E-state index >= 15 is 0 Å². The Balaban J connectivity index is 1.43. The molecule has 0 fully saturated rings. The summed E-state index contributed by atoms with van der Waals surface area (Å²) in [6, 6.07) is 20.2. The van der Waals surface area contributed by atoms with Crippen LogP contribution < -0.4 is 14.8 Å². The van der Waals surface area contributed by atoms with Crippen LogP contribution in [0.5, 0.6) is 5.75 Å². The maximum atomic E-state index is 12.2. The molecule has 1 heterocycles. The van der Waals surface area contributed by atoms with Crippen molar-refractivity contribution in [3.05, 3.63) is 95.8 Å². The zero-order valence-electron chi connectivity index (χ0n) is 18.5. The molecule has 0 aliphatic carbocycles. The van der Waals surface area contributed by atoms with Crippen molar-refractivity contribution in [1.82, 2.24) is 15.0 Å². The predicted octanol–water partition coefficient (Wildman–Crippen LogP) is 1.69. The number of pyridine rings is 1. The number of sulfonamides is 1. The van der Waals surface area contributed by atoms with Crippen molar-refractivity contribution < 1.29 is 32.3 Å². The fourth-order valence-corrected chi connectivity index (χ4v) is 3.54. The van der Waals surface area contributed by atoms with E-state index in [-0.39, 0.29) is 31.0 Å². The molecule has 0 unspecified atom stereocenters. The summed E-state index contributed by atoms with van der Waals surface area (Å²) in [6.07, 6.45) is 1.06. The predicted molar refractivity (Wildman–Crippen MR) is 126 cm³/mol. The highest BCUT2D eigenvalue weighted by atomic mass is 32.2. The van der Waals surface area contributed by atoms with Crippen LogP contribution >= 0.6 is 0 Å². The van der Waals surface area contributed by atoms with E-state index in [0.29, 0.717) is 5.75 Å². The van der Waals surface area contributed by atoms with E-state index in [2.05, 4.69) is 10.3 Å². The van der Waals surface area contributed by atoms with Crippen molar-refractivity contribution in [2.24, 2.45) is 0 Å². The molecule has 3 aromatic rings. The Morgan fingerprint density at radius 2 is 1.54 bits per heavy atom. The molecular weight excluding hydrogens is 474 g/mol. The molecule has 2 aromatic carbocycles. The molecule has 0 radical (unpaired) electrons. The van der Waals surface area contributed by atoms with Crippen LogP contribution in [0.25, 0.3) is 0 Å². The highest BCUT2D eigenvalue weighted by Gasteiger charge is 2.18. The zero-order valence-corrected chi connectivity index (χ0v) is 19.4. The highest BCUT2D eigenvalue weighted by molar-refractivity contribution is 7.90. The average Bonchev–Trinajstić information content (AvgIpc) is 2.87. The fraction of sp³-hybridized carbons (Fsp3) is 0.167. The van der Waals surface area contributed by atoms with E-state index in [1.807, 2.05) is 22.9 Å². The first-order chi connectivity index (χ1) is 16.8. The minimum Gasteiger partial charge on any atom is -0.492 e. The number of nitrogens with one attached hydrogen (secondary N) is 2. The lowest BCUT2D eigenvalue weighted by atomic mass is 10.2. The Morgan fingerprint density at radius 1 is 0.857 bits per heavy atom. The highest BCUT2D eigenvalue weighted by Crippen LogP contribution is 2.08. The number of hydrogen-bond donors (Lipinski definition) is 2. The first-order valence-electron chi connectivity index (χ1n) is 10.5. The number of para-hydroxylation sites is 1. The second kappa shape index (κ2) is 12.3. The van der Waals surface area contributed by atoms with Crippen molar-refractivity contribution in [3.8, 4) is 5.75 Å². The molecule has 2 N–H and O–H groups in total. The second-order valence-corrected chi connectivity index (χ2v) is 9.01. The summed E-state index contributed by atoms with van der Waals surface area (Å²) in [5, 5.41) is 2.37. The number of aromatic nitrogens is 1.